The van der Waals surface area contributed by atoms with Gasteiger partial charge in [-0.25, -0.2) is 4.79 Å². The highest BCUT2D eigenvalue weighted by molar-refractivity contribution is 9.10. The smallest absolute Gasteiger partial charge is 0.331 e. The molecule has 1 saturated carbocycles. The van der Waals surface area contributed by atoms with Gasteiger partial charge in [0.2, 0.25) is 0 Å². The van der Waals surface area contributed by atoms with Crippen molar-refractivity contribution in [2.75, 3.05) is 11.9 Å². The van der Waals surface area contributed by atoms with Gasteiger partial charge in [0.05, 0.1) is 0 Å². The molecule has 5 nitrogen and oxygen atoms in total. The second-order valence-corrected chi connectivity index (χ2v) is 7.34. The molecule has 6 heteroatoms. The third-order valence-corrected chi connectivity index (χ3v) is 4.78. The molecule has 0 bridgehead atoms. The first kappa shape index (κ1) is 18.5. The lowest BCUT2D eigenvalue weighted by Crippen LogP contribution is -2.20. The normalized spacial score (nSPS) is 13.8. The van der Waals surface area contributed by atoms with Gasteiger partial charge in [-0.05, 0) is 62.6 Å². The summed E-state index contributed by atoms with van der Waals surface area (Å²) in [5.41, 5.74) is 4.00. The Kier molecular flexibility index (Phi) is 5.61. The summed E-state index contributed by atoms with van der Waals surface area (Å²) in [6.07, 6.45) is 5.55. The number of anilines is 1. The van der Waals surface area contributed by atoms with Gasteiger partial charge in [-0.15, -0.1) is 0 Å². The number of nitrogens with zero attached hydrogens (tertiary/aromatic N) is 1. The Morgan fingerprint density at radius 3 is 2.77 bits per heavy atom. The minimum atomic E-state index is -0.536. The number of carbonyl (C=O) groups excluding carboxylic acids is 2. The second-order valence-electron chi connectivity index (χ2n) is 6.43. The van der Waals surface area contributed by atoms with Gasteiger partial charge in [0.1, 0.15) is 0 Å². The van der Waals surface area contributed by atoms with E-state index >= 15 is 0 Å². The highest BCUT2D eigenvalue weighted by atomic mass is 79.9. The highest BCUT2D eigenvalue weighted by Gasteiger charge is 2.26. The van der Waals surface area contributed by atoms with Gasteiger partial charge in [0.15, 0.2) is 6.61 Å². The number of aryl methyl sites for hydroxylation is 1. The highest BCUT2D eigenvalue weighted by Crippen LogP contribution is 2.38. The Balaban J connectivity index is 1.52. The zero-order chi connectivity index (χ0) is 18.7. The molecule has 1 fully saturated rings. The molecule has 0 unspecified atom stereocenters. The lowest BCUT2D eigenvalue weighted by atomic mass is 10.2. The number of ether oxygens (including phenoxy) is 1. The van der Waals surface area contributed by atoms with Gasteiger partial charge in [0.25, 0.3) is 5.91 Å². The number of hydrogen-bond acceptors (Lipinski definition) is 3. The fraction of sp³-hybridized carbons (Fsp3) is 0.300. The number of esters is 1. The Morgan fingerprint density at radius 2 is 2.08 bits per heavy atom. The first-order valence-electron chi connectivity index (χ1n) is 8.52. The molecule has 0 saturated heterocycles. The van der Waals surface area contributed by atoms with Crippen LogP contribution in [0.15, 0.2) is 40.9 Å². The van der Waals surface area contributed by atoms with Crippen LogP contribution in [0.4, 0.5) is 5.69 Å². The number of carbonyl (C=O) groups is 2. The predicted molar refractivity (Wildman–Crippen MR) is 105 cm³/mol. The minimum absolute atomic E-state index is 0.323. The molecule has 2 aromatic rings. The quantitative estimate of drug-likeness (QED) is 0.560. The summed E-state index contributed by atoms with van der Waals surface area (Å²) in [6, 6.07) is 9.88. The van der Waals surface area contributed by atoms with Gasteiger partial charge in [0, 0.05) is 33.7 Å². The Hall–Kier alpha value is -2.34. The van der Waals surface area contributed by atoms with Gasteiger partial charge >= 0.3 is 5.97 Å². The first-order valence-corrected chi connectivity index (χ1v) is 9.32. The fourth-order valence-electron chi connectivity index (χ4n) is 2.97. The molecular formula is C20H21BrN2O3. The fourth-order valence-corrected chi connectivity index (χ4v) is 3.37. The summed E-state index contributed by atoms with van der Waals surface area (Å²) in [4.78, 5) is 23.7. The van der Waals surface area contributed by atoms with E-state index in [4.69, 9.17) is 4.74 Å². The van der Waals surface area contributed by atoms with Gasteiger partial charge in [-0.3, -0.25) is 4.79 Å². The van der Waals surface area contributed by atoms with Crippen LogP contribution in [0.5, 0.6) is 0 Å². The van der Waals surface area contributed by atoms with E-state index in [1.54, 1.807) is 18.2 Å². The van der Waals surface area contributed by atoms with Crippen molar-refractivity contribution >= 4 is 39.6 Å². The van der Waals surface area contributed by atoms with Crippen molar-refractivity contribution in [1.82, 2.24) is 4.57 Å². The van der Waals surface area contributed by atoms with Crippen molar-refractivity contribution in [3.8, 4) is 0 Å². The summed E-state index contributed by atoms with van der Waals surface area (Å²) in [7, 11) is 0. The molecule has 0 spiro atoms. The van der Waals surface area contributed by atoms with Gasteiger partial charge < -0.3 is 14.6 Å². The van der Waals surface area contributed by atoms with E-state index in [1.165, 1.54) is 24.6 Å². The maximum Gasteiger partial charge on any atom is 0.331 e. The maximum absolute atomic E-state index is 11.9. The van der Waals surface area contributed by atoms with Gasteiger partial charge in [-0.2, -0.15) is 0 Å². The topological polar surface area (TPSA) is 60.3 Å². The van der Waals surface area contributed by atoms with E-state index in [0.29, 0.717) is 11.7 Å². The molecule has 0 aliphatic heterocycles. The summed E-state index contributed by atoms with van der Waals surface area (Å²) in [5, 5.41) is 2.68. The van der Waals surface area contributed by atoms with Crippen LogP contribution in [0, 0.1) is 13.8 Å². The Bertz CT molecular complexity index is 866. The van der Waals surface area contributed by atoms with E-state index < -0.39 is 5.97 Å². The van der Waals surface area contributed by atoms with Crippen LogP contribution in [-0.4, -0.2) is 23.1 Å². The molecule has 3 rings (SSSR count). The number of hydrogen-bond donors (Lipinski definition) is 1. The number of nitrogens with one attached hydrogen (secondary N) is 1. The van der Waals surface area contributed by atoms with Crippen LogP contribution in [-0.2, 0) is 14.3 Å². The molecule has 1 aromatic heterocycles. The van der Waals surface area contributed by atoms with Crippen LogP contribution in [0.25, 0.3) is 6.08 Å². The summed E-state index contributed by atoms with van der Waals surface area (Å²) in [6.45, 7) is 3.81. The Labute approximate surface area is 161 Å². The first-order chi connectivity index (χ1) is 12.4. The molecule has 1 aromatic carbocycles. The average molecular weight is 417 g/mol. The van der Waals surface area contributed by atoms with Crippen LogP contribution >= 0.6 is 15.9 Å². The maximum atomic E-state index is 11.9. The van der Waals surface area contributed by atoms with Crippen molar-refractivity contribution in [1.29, 1.82) is 0 Å². The zero-order valence-electron chi connectivity index (χ0n) is 14.8. The van der Waals surface area contributed by atoms with E-state index in [0.717, 1.165) is 15.7 Å². The van der Waals surface area contributed by atoms with E-state index in [9.17, 15) is 9.59 Å². The molecule has 1 aliphatic carbocycles. The minimum Gasteiger partial charge on any atom is -0.452 e. The standard InChI is InChI=1S/C20H21BrN2O3/c1-13-10-15(14(2)23(13)18-7-8-18)6-9-20(25)26-12-19(24)22-17-5-3-4-16(21)11-17/h3-6,9-11,18H,7-8,12H2,1-2H3,(H,22,24)/b9-6+. The van der Waals surface area contributed by atoms with Crippen LogP contribution in [0.1, 0.15) is 35.8 Å². The third kappa shape index (κ3) is 4.64. The number of halogens is 1. The lowest BCUT2D eigenvalue weighted by molar-refractivity contribution is -0.142. The number of benzene rings is 1. The SMILES string of the molecule is Cc1cc(/C=C/C(=O)OCC(=O)Nc2cccc(Br)c2)c(C)n1C1CC1. The third-order valence-electron chi connectivity index (χ3n) is 4.29. The van der Waals surface area contributed by atoms with Gasteiger partial charge in [-0.1, -0.05) is 22.0 Å². The molecule has 1 amide bonds. The molecule has 1 N–H and O–H groups in total. The number of aromatic nitrogens is 1. The number of amides is 1. The molecule has 136 valence electrons. The van der Waals surface area contributed by atoms with Crippen molar-refractivity contribution in [3.05, 3.63) is 57.8 Å². The van der Waals surface area contributed by atoms with Crippen LogP contribution < -0.4 is 5.32 Å². The van der Waals surface area contributed by atoms with Crippen LogP contribution in [0.2, 0.25) is 0 Å². The second kappa shape index (κ2) is 7.91. The van der Waals surface area contributed by atoms with E-state index in [1.807, 2.05) is 12.1 Å². The summed E-state index contributed by atoms with van der Waals surface area (Å²) in [5.74, 6) is -0.914. The molecule has 1 aliphatic rings. The van der Waals surface area contributed by atoms with Crippen molar-refractivity contribution in [3.63, 3.8) is 0 Å². The largest absolute Gasteiger partial charge is 0.452 e. The summed E-state index contributed by atoms with van der Waals surface area (Å²) < 4.78 is 8.18. The van der Waals surface area contributed by atoms with Crippen molar-refractivity contribution in [2.45, 2.75) is 32.7 Å². The molecule has 26 heavy (non-hydrogen) atoms. The lowest BCUT2D eigenvalue weighted by Gasteiger charge is -2.06. The monoisotopic (exact) mass is 416 g/mol. The predicted octanol–water partition coefficient (Wildman–Crippen LogP) is 4.40. The number of rotatable bonds is 6. The van der Waals surface area contributed by atoms with Crippen molar-refractivity contribution in [2.24, 2.45) is 0 Å². The zero-order valence-corrected chi connectivity index (χ0v) is 16.4. The Morgan fingerprint density at radius 1 is 1.31 bits per heavy atom. The van der Waals surface area contributed by atoms with E-state index in [2.05, 4.69) is 45.7 Å². The molecule has 0 atom stereocenters. The average Bonchev–Trinajstić information content (AvgIpc) is 3.37. The molecule has 0 radical (unpaired) electrons. The molecular weight excluding hydrogens is 396 g/mol. The van der Waals surface area contributed by atoms with Crippen molar-refractivity contribution < 1.29 is 14.3 Å². The summed E-state index contributed by atoms with van der Waals surface area (Å²) >= 11 is 3.33. The molecule has 1 heterocycles. The van der Waals surface area contributed by atoms with E-state index in [-0.39, 0.29) is 12.5 Å². The van der Waals surface area contributed by atoms with Crippen LogP contribution in [0.3, 0.4) is 0 Å².